The highest BCUT2D eigenvalue weighted by molar-refractivity contribution is 6.46. The van der Waals surface area contributed by atoms with Crippen LogP contribution < -0.4 is 4.74 Å². The minimum absolute atomic E-state index is 0.0573. The molecule has 1 aliphatic heterocycles. The molecule has 32 heavy (non-hydrogen) atoms. The topological polar surface area (TPSA) is 70.1 Å². The van der Waals surface area contributed by atoms with E-state index >= 15 is 0 Å². The largest absolute Gasteiger partial charge is 0.507 e. The number of aliphatic hydroxyl groups is 1. The molecular weight excluding hydrogens is 428 g/mol. The molecule has 0 unspecified atom stereocenters. The Kier molecular flexibility index (Phi) is 7.72. The number of rotatable bonds is 9. The van der Waals surface area contributed by atoms with Gasteiger partial charge in [-0.15, -0.1) is 0 Å². The van der Waals surface area contributed by atoms with Crippen molar-refractivity contribution in [3.05, 3.63) is 82.9 Å². The van der Waals surface area contributed by atoms with Crippen LogP contribution in [-0.4, -0.2) is 60.4 Å². The summed E-state index contributed by atoms with van der Waals surface area (Å²) in [4.78, 5) is 29.5. The number of hydrogen-bond donors (Lipinski definition) is 1. The summed E-state index contributed by atoms with van der Waals surface area (Å²) in [5, 5.41) is 11.6. The Morgan fingerprint density at radius 1 is 1.22 bits per heavy atom. The van der Waals surface area contributed by atoms with Gasteiger partial charge in [0, 0.05) is 17.1 Å². The van der Waals surface area contributed by atoms with E-state index in [4.69, 9.17) is 16.3 Å². The van der Waals surface area contributed by atoms with Crippen LogP contribution in [0.4, 0.5) is 0 Å². The lowest BCUT2D eigenvalue weighted by atomic mass is 9.95. The van der Waals surface area contributed by atoms with Crippen molar-refractivity contribution in [1.29, 1.82) is 0 Å². The number of carbonyl (C=O) groups excluding carboxylic acids is 2. The fourth-order valence-corrected chi connectivity index (χ4v) is 3.91. The molecule has 1 atom stereocenters. The van der Waals surface area contributed by atoms with Gasteiger partial charge < -0.3 is 19.6 Å². The first-order valence-corrected chi connectivity index (χ1v) is 10.7. The molecule has 3 rings (SSSR count). The number of ether oxygens (including phenoxy) is 1. The van der Waals surface area contributed by atoms with Crippen molar-refractivity contribution >= 4 is 29.1 Å². The van der Waals surface area contributed by atoms with E-state index in [9.17, 15) is 14.7 Å². The Hall–Kier alpha value is -3.09. The zero-order valence-electron chi connectivity index (χ0n) is 18.3. The molecule has 2 aromatic carbocycles. The fraction of sp³-hybridized carbons (Fsp3) is 0.280. The Bertz CT molecular complexity index is 1030. The third kappa shape index (κ3) is 5.21. The Balaban J connectivity index is 2.03. The molecule has 0 spiro atoms. The van der Waals surface area contributed by atoms with Gasteiger partial charge in [-0.25, -0.2) is 0 Å². The zero-order chi connectivity index (χ0) is 23.3. The maximum absolute atomic E-state index is 13.0. The van der Waals surface area contributed by atoms with Crippen LogP contribution >= 0.6 is 11.6 Å². The van der Waals surface area contributed by atoms with Crippen molar-refractivity contribution in [2.24, 2.45) is 0 Å². The average molecular weight is 455 g/mol. The van der Waals surface area contributed by atoms with Gasteiger partial charge in [0.15, 0.2) is 0 Å². The van der Waals surface area contributed by atoms with Crippen molar-refractivity contribution in [2.45, 2.75) is 12.5 Å². The summed E-state index contributed by atoms with van der Waals surface area (Å²) in [5.74, 6) is -0.943. The van der Waals surface area contributed by atoms with Gasteiger partial charge in [0.2, 0.25) is 0 Å². The first-order valence-electron chi connectivity index (χ1n) is 10.4. The van der Waals surface area contributed by atoms with E-state index in [0.717, 1.165) is 6.54 Å². The van der Waals surface area contributed by atoms with Gasteiger partial charge in [-0.2, -0.15) is 0 Å². The number of Topliss-reactive ketones (excluding diaryl/α,β-unsaturated/α-hetero) is 1. The molecular formula is C25H27ClN2O4. The summed E-state index contributed by atoms with van der Waals surface area (Å²) >= 11 is 6.20. The molecule has 168 valence electrons. The number of likely N-dealkylation sites (tertiary alicyclic amines) is 1. The molecule has 1 heterocycles. The highest BCUT2D eigenvalue weighted by atomic mass is 35.5. The van der Waals surface area contributed by atoms with Crippen LogP contribution in [0.15, 0.2) is 66.8 Å². The van der Waals surface area contributed by atoms with E-state index < -0.39 is 17.7 Å². The second kappa shape index (κ2) is 10.5. The molecule has 1 saturated heterocycles. The summed E-state index contributed by atoms with van der Waals surface area (Å²) in [6.45, 7) is 5.11. The van der Waals surface area contributed by atoms with Crippen molar-refractivity contribution in [1.82, 2.24) is 9.80 Å². The average Bonchev–Trinajstić information content (AvgIpc) is 3.02. The third-order valence-corrected chi connectivity index (χ3v) is 5.44. The SMILES string of the molecule is C=CCOc1ccc(C(O)=C2C(=O)C(=O)N(CCCN(C)C)[C@H]2c2cccc(Cl)c2)cc1. The van der Waals surface area contributed by atoms with Gasteiger partial charge in [0.25, 0.3) is 11.7 Å². The first-order chi connectivity index (χ1) is 15.3. The lowest BCUT2D eigenvalue weighted by Crippen LogP contribution is -2.32. The predicted octanol–water partition coefficient (Wildman–Crippen LogP) is 4.28. The third-order valence-electron chi connectivity index (χ3n) is 5.20. The summed E-state index contributed by atoms with van der Waals surface area (Å²) < 4.78 is 5.47. The number of hydrogen-bond acceptors (Lipinski definition) is 5. The highest BCUT2D eigenvalue weighted by Gasteiger charge is 2.45. The molecule has 0 aromatic heterocycles. The van der Waals surface area contributed by atoms with E-state index in [1.54, 1.807) is 54.6 Å². The molecule has 0 saturated carbocycles. The van der Waals surface area contributed by atoms with Gasteiger partial charge in [0.05, 0.1) is 11.6 Å². The minimum atomic E-state index is -0.715. The fourth-order valence-electron chi connectivity index (χ4n) is 3.71. The predicted molar refractivity (Wildman–Crippen MR) is 126 cm³/mol. The van der Waals surface area contributed by atoms with Gasteiger partial charge in [-0.3, -0.25) is 9.59 Å². The number of aliphatic hydroxyl groups excluding tert-OH is 1. The molecule has 1 aliphatic rings. The van der Waals surface area contributed by atoms with Crippen molar-refractivity contribution in [2.75, 3.05) is 33.8 Å². The lowest BCUT2D eigenvalue weighted by molar-refractivity contribution is -0.139. The number of benzene rings is 2. The van der Waals surface area contributed by atoms with E-state index in [1.165, 1.54) is 4.90 Å². The maximum atomic E-state index is 13.0. The second-order valence-electron chi connectivity index (χ2n) is 7.83. The van der Waals surface area contributed by atoms with E-state index in [2.05, 4.69) is 6.58 Å². The summed E-state index contributed by atoms with van der Waals surface area (Å²) in [7, 11) is 3.90. The summed E-state index contributed by atoms with van der Waals surface area (Å²) in [6, 6.07) is 13.0. The van der Waals surface area contributed by atoms with Crippen LogP contribution in [-0.2, 0) is 9.59 Å². The molecule has 7 heteroatoms. The van der Waals surface area contributed by atoms with Crippen LogP contribution in [0, 0.1) is 0 Å². The van der Waals surface area contributed by atoms with Crippen molar-refractivity contribution in [3.63, 3.8) is 0 Å². The summed E-state index contributed by atoms with van der Waals surface area (Å²) in [5.41, 5.74) is 1.16. The number of halogens is 1. The molecule has 2 aromatic rings. The van der Waals surface area contributed by atoms with Crippen LogP contribution in [0.5, 0.6) is 5.75 Å². The molecule has 0 aliphatic carbocycles. The zero-order valence-corrected chi connectivity index (χ0v) is 19.0. The number of carbonyl (C=O) groups is 2. The monoisotopic (exact) mass is 454 g/mol. The minimum Gasteiger partial charge on any atom is -0.507 e. The van der Waals surface area contributed by atoms with Crippen LogP contribution in [0.3, 0.4) is 0 Å². The standard InChI is InChI=1S/C25H27ClN2O4/c1-4-15-32-20-11-9-17(10-12-20)23(29)21-22(18-7-5-8-19(26)16-18)28(25(31)24(21)30)14-6-13-27(2)3/h4-5,7-12,16,22,29H,1,6,13-15H2,2-3H3/t22-/m0/s1. The Labute approximate surface area is 193 Å². The Morgan fingerprint density at radius 2 is 1.94 bits per heavy atom. The van der Waals surface area contributed by atoms with E-state index in [-0.39, 0.29) is 11.3 Å². The van der Waals surface area contributed by atoms with Gasteiger partial charge in [-0.1, -0.05) is 36.4 Å². The van der Waals surface area contributed by atoms with Crippen molar-refractivity contribution in [3.8, 4) is 5.75 Å². The molecule has 0 radical (unpaired) electrons. The Morgan fingerprint density at radius 3 is 2.56 bits per heavy atom. The number of ketones is 1. The van der Waals surface area contributed by atoms with Gasteiger partial charge in [0.1, 0.15) is 18.1 Å². The lowest BCUT2D eigenvalue weighted by Gasteiger charge is -2.26. The summed E-state index contributed by atoms with van der Waals surface area (Å²) in [6.07, 6.45) is 2.32. The maximum Gasteiger partial charge on any atom is 0.295 e. The van der Waals surface area contributed by atoms with Crippen LogP contribution in [0.25, 0.3) is 5.76 Å². The van der Waals surface area contributed by atoms with Gasteiger partial charge in [-0.05, 0) is 69.0 Å². The van der Waals surface area contributed by atoms with Crippen molar-refractivity contribution < 1.29 is 19.4 Å². The molecule has 1 fully saturated rings. The quantitative estimate of drug-likeness (QED) is 0.265. The van der Waals surface area contributed by atoms with Crippen LogP contribution in [0.2, 0.25) is 5.02 Å². The molecule has 0 bridgehead atoms. The second-order valence-corrected chi connectivity index (χ2v) is 8.26. The van der Waals surface area contributed by atoms with E-state index in [0.29, 0.717) is 41.5 Å². The normalized spacial score (nSPS) is 17.8. The van der Waals surface area contributed by atoms with E-state index in [1.807, 2.05) is 19.0 Å². The molecule has 1 amide bonds. The van der Waals surface area contributed by atoms with Crippen LogP contribution in [0.1, 0.15) is 23.6 Å². The first kappa shape index (κ1) is 23.6. The number of amides is 1. The molecule has 6 nitrogen and oxygen atoms in total. The van der Waals surface area contributed by atoms with Gasteiger partial charge >= 0.3 is 0 Å². The molecule has 1 N–H and O–H groups in total. The highest BCUT2D eigenvalue weighted by Crippen LogP contribution is 2.40. The number of nitrogens with zero attached hydrogens (tertiary/aromatic N) is 2. The smallest absolute Gasteiger partial charge is 0.295 e.